The van der Waals surface area contributed by atoms with Crippen molar-refractivity contribution in [1.29, 1.82) is 0 Å². The van der Waals surface area contributed by atoms with Crippen LogP contribution in [0.3, 0.4) is 0 Å². The Morgan fingerprint density at radius 2 is 1.95 bits per heavy atom. The van der Waals surface area contributed by atoms with Crippen molar-refractivity contribution in [3.63, 3.8) is 0 Å². The maximum Gasteiger partial charge on any atom is 0.242 e. The zero-order valence-electron chi connectivity index (χ0n) is 13.4. The molecule has 0 rings (SSSR count). The van der Waals surface area contributed by atoms with Gasteiger partial charge >= 0.3 is 0 Å². The standard InChI is InChI=1S/C13H28N4O2.HI/c1-7-14-12(16-10(2)9-19-6)15-8-11(18)17-13(3,4)5;/h10H,7-9H2,1-6H3,(H,17,18)(H2,14,15,16);1H. The van der Waals surface area contributed by atoms with Crippen LogP contribution in [0.1, 0.15) is 34.6 Å². The Morgan fingerprint density at radius 3 is 2.40 bits per heavy atom. The molecular formula is C13H29IN4O2. The molecular weight excluding hydrogens is 371 g/mol. The first-order valence-electron chi connectivity index (χ1n) is 6.63. The van der Waals surface area contributed by atoms with Gasteiger partial charge in [-0.15, -0.1) is 24.0 Å². The Labute approximate surface area is 139 Å². The third-order valence-corrected chi connectivity index (χ3v) is 2.04. The van der Waals surface area contributed by atoms with Crippen LogP contribution < -0.4 is 16.0 Å². The molecule has 0 fully saturated rings. The third-order valence-electron chi connectivity index (χ3n) is 2.04. The molecule has 0 aliphatic rings. The molecule has 7 heteroatoms. The van der Waals surface area contributed by atoms with E-state index < -0.39 is 0 Å². The summed E-state index contributed by atoms with van der Waals surface area (Å²) in [5, 5.41) is 9.13. The molecule has 6 nitrogen and oxygen atoms in total. The van der Waals surface area contributed by atoms with Gasteiger partial charge in [0.05, 0.1) is 6.61 Å². The van der Waals surface area contributed by atoms with E-state index in [9.17, 15) is 4.79 Å². The number of nitrogens with zero attached hydrogens (tertiary/aromatic N) is 1. The summed E-state index contributed by atoms with van der Waals surface area (Å²) < 4.78 is 5.05. The monoisotopic (exact) mass is 400 g/mol. The first-order chi connectivity index (χ1) is 8.78. The van der Waals surface area contributed by atoms with Crippen LogP contribution in [-0.4, -0.2) is 50.3 Å². The lowest BCUT2D eigenvalue weighted by atomic mass is 10.1. The average molecular weight is 400 g/mol. The van der Waals surface area contributed by atoms with Crippen molar-refractivity contribution in [3.05, 3.63) is 0 Å². The molecule has 20 heavy (non-hydrogen) atoms. The fraction of sp³-hybridized carbons (Fsp3) is 0.846. The first-order valence-corrected chi connectivity index (χ1v) is 6.63. The molecule has 0 bridgehead atoms. The minimum atomic E-state index is -0.234. The number of ether oxygens (including phenoxy) is 1. The van der Waals surface area contributed by atoms with Crippen molar-refractivity contribution >= 4 is 35.8 Å². The molecule has 0 aliphatic heterocycles. The van der Waals surface area contributed by atoms with Crippen LogP contribution in [0.2, 0.25) is 0 Å². The molecule has 1 atom stereocenters. The lowest BCUT2D eigenvalue weighted by molar-refractivity contribution is -0.121. The van der Waals surface area contributed by atoms with Crippen LogP contribution in [0.4, 0.5) is 0 Å². The fourth-order valence-corrected chi connectivity index (χ4v) is 1.45. The summed E-state index contributed by atoms with van der Waals surface area (Å²) in [6.45, 7) is 11.2. The highest BCUT2D eigenvalue weighted by Crippen LogP contribution is 1.97. The molecule has 0 aliphatic carbocycles. The van der Waals surface area contributed by atoms with Gasteiger partial charge < -0.3 is 20.7 Å². The van der Waals surface area contributed by atoms with Crippen LogP contribution in [0.25, 0.3) is 0 Å². The number of hydrogen-bond acceptors (Lipinski definition) is 3. The molecule has 1 unspecified atom stereocenters. The van der Waals surface area contributed by atoms with Crippen LogP contribution in [0.15, 0.2) is 4.99 Å². The summed E-state index contributed by atoms with van der Waals surface area (Å²) in [5.41, 5.74) is -0.234. The Balaban J connectivity index is 0. The molecule has 0 spiro atoms. The van der Waals surface area contributed by atoms with Gasteiger partial charge in [0.15, 0.2) is 5.96 Å². The van der Waals surface area contributed by atoms with E-state index in [1.165, 1.54) is 0 Å². The summed E-state index contributed by atoms with van der Waals surface area (Å²) in [6.07, 6.45) is 0. The minimum absolute atomic E-state index is 0. The van der Waals surface area contributed by atoms with Gasteiger partial charge in [0.1, 0.15) is 6.54 Å². The first kappa shape index (κ1) is 21.7. The number of halogens is 1. The molecule has 0 heterocycles. The lowest BCUT2D eigenvalue weighted by Crippen LogP contribution is -2.45. The Morgan fingerprint density at radius 1 is 1.35 bits per heavy atom. The number of rotatable bonds is 6. The molecule has 0 radical (unpaired) electrons. The molecule has 120 valence electrons. The van der Waals surface area contributed by atoms with Gasteiger partial charge in [-0.2, -0.15) is 0 Å². The summed E-state index contributed by atoms with van der Waals surface area (Å²) in [6, 6.07) is 0.133. The van der Waals surface area contributed by atoms with E-state index in [0.29, 0.717) is 12.6 Å². The van der Waals surface area contributed by atoms with E-state index >= 15 is 0 Å². The molecule has 0 aromatic carbocycles. The average Bonchev–Trinajstić information content (AvgIpc) is 2.24. The molecule has 0 aromatic heterocycles. The van der Waals surface area contributed by atoms with Gasteiger partial charge in [-0.05, 0) is 34.6 Å². The van der Waals surface area contributed by atoms with Crippen molar-refractivity contribution in [3.8, 4) is 0 Å². The van der Waals surface area contributed by atoms with Crippen molar-refractivity contribution in [2.45, 2.75) is 46.2 Å². The Bertz CT molecular complexity index is 303. The molecule has 3 N–H and O–H groups in total. The van der Waals surface area contributed by atoms with E-state index in [1.54, 1.807) is 7.11 Å². The van der Waals surface area contributed by atoms with E-state index in [4.69, 9.17) is 4.74 Å². The fourth-order valence-electron chi connectivity index (χ4n) is 1.45. The van der Waals surface area contributed by atoms with E-state index in [2.05, 4.69) is 20.9 Å². The maximum absolute atomic E-state index is 11.7. The second-order valence-electron chi connectivity index (χ2n) is 5.49. The zero-order chi connectivity index (χ0) is 14.9. The van der Waals surface area contributed by atoms with Crippen molar-refractivity contribution in [1.82, 2.24) is 16.0 Å². The predicted molar refractivity (Wildman–Crippen MR) is 93.8 cm³/mol. The number of carbonyl (C=O) groups is 1. The summed E-state index contributed by atoms with van der Waals surface area (Å²) in [4.78, 5) is 15.9. The number of aliphatic imine (C=N–C) groups is 1. The normalized spacial score (nSPS) is 13.2. The lowest BCUT2D eigenvalue weighted by Gasteiger charge is -2.20. The largest absolute Gasteiger partial charge is 0.383 e. The molecule has 0 aromatic rings. The number of guanidine groups is 1. The van der Waals surface area contributed by atoms with Crippen LogP contribution in [0, 0.1) is 0 Å². The highest BCUT2D eigenvalue weighted by Gasteiger charge is 2.13. The van der Waals surface area contributed by atoms with Crippen LogP contribution >= 0.6 is 24.0 Å². The quantitative estimate of drug-likeness (QED) is 0.355. The van der Waals surface area contributed by atoms with Gasteiger partial charge in [-0.3, -0.25) is 4.79 Å². The predicted octanol–water partition coefficient (Wildman–Crippen LogP) is 1.11. The summed E-state index contributed by atoms with van der Waals surface area (Å²) >= 11 is 0. The van der Waals surface area contributed by atoms with Crippen molar-refractivity contribution in [2.75, 3.05) is 26.8 Å². The van der Waals surface area contributed by atoms with Gasteiger partial charge in [0, 0.05) is 25.2 Å². The van der Waals surface area contributed by atoms with E-state index in [-0.39, 0.29) is 48.0 Å². The smallest absolute Gasteiger partial charge is 0.242 e. The Hall–Kier alpha value is -0.570. The molecule has 1 amide bonds. The highest BCUT2D eigenvalue weighted by atomic mass is 127. The zero-order valence-corrected chi connectivity index (χ0v) is 15.7. The number of hydrogen-bond donors (Lipinski definition) is 3. The Kier molecular flexibility index (Phi) is 12.1. The van der Waals surface area contributed by atoms with Gasteiger partial charge in [0.2, 0.25) is 5.91 Å². The van der Waals surface area contributed by atoms with Gasteiger partial charge in [-0.1, -0.05) is 0 Å². The van der Waals surface area contributed by atoms with Crippen LogP contribution in [0.5, 0.6) is 0 Å². The number of methoxy groups -OCH3 is 1. The highest BCUT2D eigenvalue weighted by molar-refractivity contribution is 14.0. The summed E-state index contributed by atoms with van der Waals surface area (Å²) in [7, 11) is 1.65. The molecule has 0 saturated carbocycles. The number of carbonyl (C=O) groups excluding carboxylic acids is 1. The van der Waals surface area contributed by atoms with E-state index in [1.807, 2.05) is 34.6 Å². The maximum atomic E-state index is 11.7. The van der Waals surface area contributed by atoms with E-state index in [0.717, 1.165) is 6.54 Å². The second kappa shape index (κ2) is 11.1. The number of amides is 1. The minimum Gasteiger partial charge on any atom is -0.383 e. The number of nitrogens with one attached hydrogen (secondary N) is 3. The summed E-state index contributed by atoms with van der Waals surface area (Å²) in [5.74, 6) is 0.528. The van der Waals surface area contributed by atoms with Gasteiger partial charge in [0.25, 0.3) is 0 Å². The SMILES string of the molecule is CCNC(=NCC(=O)NC(C)(C)C)NC(C)COC.I. The van der Waals surface area contributed by atoms with Crippen molar-refractivity contribution < 1.29 is 9.53 Å². The van der Waals surface area contributed by atoms with Crippen molar-refractivity contribution in [2.24, 2.45) is 4.99 Å². The third kappa shape index (κ3) is 12.5. The topological polar surface area (TPSA) is 74.8 Å². The molecule has 0 saturated heterocycles. The van der Waals surface area contributed by atoms with Gasteiger partial charge in [-0.25, -0.2) is 4.99 Å². The second-order valence-corrected chi connectivity index (χ2v) is 5.49. The van der Waals surface area contributed by atoms with Crippen LogP contribution in [-0.2, 0) is 9.53 Å².